The van der Waals surface area contributed by atoms with Gasteiger partial charge in [-0.1, -0.05) is 18.0 Å². The molecule has 0 aliphatic carbocycles. The number of likely N-dealkylation sites (tertiary alicyclic amines) is 1. The van der Waals surface area contributed by atoms with Gasteiger partial charge in [0, 0.05) is 11.6 Å². The molecule has 4 heteroatoms. The van der Waals surface area contributed by atoms with Gasteiger partial charge in [-0.2, -0.15) is 0 Å². The van der Waals surface area contributed by atoms with Gasteiger partial charge in [0.15, 0.2) is 0 Å². The number of ether oxygens (including phenoxy) is 1. The summed E-state index contributed by atoms with van der Waals surface area (Å²) in [6.45, 7) is 4.99. The summed E-state index contributed by atoms with van der Waals surface area (Å²) >= 11 is 5.79. The quantitative estimate of drug-likeness (QED) is 0.793. The number of hydrogen-bond acceptors (Lipinski definition) is 3. The number of piperidine rings is 1. The molecule has 0 radical (unpaired) electrons. The number of rotatable bonds is 4. The lowest BCUT2D eigenvalue weighted by molar-refractivity contribution is 0.0236. The number of esters is 1. The van der Waals surface area contributed by atoms with Gasteiger partial charge in [-0.25, -0.2) is 4.79 Å². The molecule has 1 saturated heterocycles. The third kappa shape index (κ3) is 4.51. The van der Waals surface area contributed by atoms with E-state index in [1.54, 1.807) is 24.3 Å². The first-order valence-electron chi connectivity index (χ1n) is 6.84. The monoisotopic (exact) mass is 281 g/mol. The lowest BCUT2D eigenvalue weighted by Gasteiger charge is -2.28. The molecule has 0 amide bonds. The summed E-state index contributed by atoms with van der Waals surface area (Å²) in [5, 5.41) is 0.623. The highest BCUT2D eigenvalue weighted by Crippen LogP contribution is 2.13. The molecule has 0 spiro atoms. The van der Waals surface area contributed by atoms with Crippen molar-refractivity contribution < 1.29 is 9.53 Å². The summed E-state index contributed by atoms with van der Waals surface area (Å²) in [5.74, 6) is -0.277. The molecule has 0 aromatic heterocycles. The first-order chi connectivity index (χ1) is 9.15. The summed E-state index contributed by atoms with van der Waals surface area (Å²) in [4.78, 5) is 14.3. The summed E-state index contributed by atoms with van der Waals surface area (Å²) in [6.07, 6.45) is 3.73. The molecule has 104 valence electrons. The van der Waals surface area contributed by atoms with E-state index in [-0.39, 0.29) is 12.1 Å². The molecule has 1 aromatic rings. The van der Waals surface area contributed by atoms with Crippen molar-refractivity contribution in [3.05, 3.63) is 34.9 Å². The molecule has 0 bridgehead atoms. The van der Waals surface area contributed by atoms with Crippen molar-refractivity contribution in [3.8, 4) is 0 Å². The second kappa shape index (κ2) is 6.92. The average molecular weight is 282 g/mol. The summed E-state index contributed by atoms with van der Waals surface area (Å²) in [5.41, 5.74) is 0.551. The van der Waals surface area contributed by atoms with Crippen LogP contribution in [0.4, 0.5) is 0 Å². The highest BCUT2D eigenvalue weighted by molar-refractivity contribution is 6.30. The third-order valence-corrected chi connectivity index (χ3v) is 3.60. The van der Waals surface area contributed by atoms with E-state index in [1.165, 1.54) is 19.3 Å². The van der Waals surface area contributed by atoms with E-state index in [9.17, 15) is 4.79 Å². The second-order valence-electron chi connectivity index (χ2n) is 5.08. The van der Waals surface area contributed by atoms with Crippen LogP contribution in [0, 0.1) is 0 Å². The smallest absolute Gasteiger partial charge is 0.338 e. The second-order valence-corrected chi connectivity index (χ2v) is 5.52. The van der Waals surface area contributed by atoms with Crippen molar-refractivity contribution in [2.24, 2.45) is 0 Å². The van der Waals surface area contributed by atoms with Crippen LogP contribution in [0.2, 0.25) is 5.02 Å². The molecule has 0 saturated carbocycles. The van der Waals surface area contributed by atoms with Crippen LogP contribution in [0.25, 0.3) is 0 Å². The van der Waals surface area contributed by atoms with E-state index in [2.05, 4.69) is 4.90 Å². The molecule has 0 N–H and O–H groups in total. The van der Waals surface area contributed by atoms with Gasteiger partial charge in [-0.15, -0.1) is 0 Å². The van der Waals surface area contributed by atoms with Crippen LogP contribution in [0.1, 0.15) is 36.5 Å². The molecule has 1 atom stereocenters. The topological polar surface area (TPSA) is 29.5 Å². The number of carbonyl (C=O) groups is 1. The van der Waals surface area contributed by atoms with Gasteiger partial charge in [0.25, 0.3) is 0 Å². The highest BCUT2D eigenvalue weighted by Gasteiger charge is 2.17. The molecule has 1 aromatic carbocycles. The zero-order chi connectivity index (χ0) is 13.7. The molecule has 3 nitrogen and oxygen atoms in total. The van der Waals surface area contributed by atoms with Gasteiger partial charge < -0.3 is 4.74 Å². The van der Waals surface area contributed by atoms with Crippen molar-refractivity contribution >= 4 is 17.6 Å². The maximum absolute atomic E-state index is 11.9. The Hall–Kier alpha value is -1.06. The van der Waals surface area contributed by atoms with Gasteiger partial charge >= 0.3 is 5.97 Å². The Labute approximate surface area is 119 Å². The maximum Gasteiger partial charge on any atom is 0.338 e. The van der Waals surface area contributed by atoms with Crippen molar-refractivity contribution in [3.63, 3.8) is 0 Å². The normalized spacial score (nSPS) is 18.0. The lowest BCUT2D eigenvalue weighted by atomic mass is 10.1. The van der Waals surface area contributed by atoms with E-state index >= 15 is 0 Å². The molecule has 1 heterocycles. The minimum atomic E-state index is -0.277. The Morgan fingerprint density at radius 3 is 2.53 bits per heavy atom. The van der Waals surface area contributed by atoms with Crippen molar-refractivity contribution in [2.75, 3.05) is 19.6 Å². The van der Waals surface area contributed by atoms with Crippen LogP contribution in [0.5, 0.6) is 0 Å². The molecule has 1 aliphatic rings. The first kappa shape index (κ1) is 14.4. The number of halogens is 1. The predicted molar refractivity (Wildman–Crippen MR) is 76.6 cm³/mol. The van der Waals surface area contributed by atoms with Gasteiger partial charge in [-0.05, 0) is 57.1 Å². The van der Waals surface area contributed by atoms with E-state index in [4.69, 9.17) is 16.3 Å². The summed E-state index contributed by atoms with van der Waals surface area (Å²) in [6, 6.07) is 6.79. The Bertz CT molecular complexity index is 413. The Morgan fingerprint density at radius 1 is 1.26 bits per heavy atom. The molecular weight excluding hydrogens is 262 g/mol. The minimum Gasteiger partial charge on any atom is -0.458 e. The zero-order valence-corrected chi connectivity index (χ0v) is 12.0. The van der Waals surface area contributed by atoms with Crippen molar-refractivity contribution in [2.45, 2.75) is 32.3 Å². The number of nitrogens with zero attached hydrogens (tertiary/aromatic N) is 1. The summed E-state index contributed by atoms with van der Waals surface area (Å²) in [7, 11) is 0. The Kier molecular flexibility index (Phi) is 5.23. The largest absolute Gasteiger partial charge is 0.458 e. The van der Waals surface area contributed by atoms with Gasteiger partial charge in [0.1, 0.15) is 6.10 Å². The molecule has 0 unspecified atom stereocenters. The van der Waals surface area contributed by atoms with Crippen LogP contribution >= 0.6 is 11.6 Å². The maximum atomic E-state index is 11.9. The van der Waals surface area contributed by atoms with E-state index in [0.29, 0.717) is 10.6 Å². The van der Waals surface area contributed by atoms with Crippen LogP contribution in [0.3, 0.4) is 0 Å². The molecular formula is C15H20ClNO2. The van der Waals surface area contributed by atoms with Crippen molar-refractivity contribution in [1.82, 2.24) is 4.90 Å². The fourth-order valence-electron chi connectivity index (χ4n) is 2.38. The molecule has 1 fully saturated rings. The highest BCUT2D eigenvalue weighted by atomic mass is 35.5. The van der Waals surface area contributed by atoms with Gasteiger partial charge in [0.2, 0.25) is 0 Å². The van der Waals surface area contributed by atoms with Crippen LogP contribution < -0.4 is 0 Å². The predicted octanol–water partition coefficient (Wildman–Crippen LogP) is 3.37. The SMILES string of the molecule is C[C@H](CN1CCCCC1)OC(=O)c1ccc(Cl)cc1. The molecule has 1 aliphatic heterocycles. The molecule has 2 rings (SSSR count). The molecule has 19 heavy (non-hydrogen) atoms. The average Bonchev–Trinajstić information content (AvgIpc) is 2.40. The lowest BCUT2D eigenvalue weighted by Crippen LogP contribution is -2.37. The van der Waals surface area contributed by atoms with Crippen LogP contribution in [-0.2, 0) is 4.74 Å². The Morgan fingerprint density at radius 2 is 1.89 bits per heavy atom. The number of hydrogen-bond donors (Lipinski definition) is 0. The number of carbonyl (C=O) groups excluding carboxylic acids is 1. The number of benzene rings is 1. The fourth-order valence-corrected chi connectivity index (χ4v) is 2.51. The Balaban J connectivity index is 1.82. The van der Waals surface area contributed by atoms with E-state index < -0.39 is 0 Å². The van der Waals surface area contributed by atoms with Gasteiger partial charge in [-0.3, -0.25) is 4.90 Å². The van der Waals surface area contributed by atoms with E-state index in [1.807, 2.05) is 6.92 Å². The van der Waals surface area contributed by atoms with Gasteiger partial charge in [0.05, 0.1) is 5.56 Å². The third-order valence-electron chi connectivity index (χ3n) is 3.35. The standard InChI is InChI=1S/C15H20ClNO2/c1-12(11-17-9-3-2-4-10-17)19-15(18)13-5-7-14(16)8-6-13/h5-8,12H,2-4,9-11H2,1H3/t12-/m1/s1. The van der Waals surface area contributed by atoms with E-state index in [0.717, 1.165) is 19.6 Å². The van der Waals surface area contributed by atoms with Crippen LogP contribution in [-0.4, -0.2) is 36.6 Å². The van der Waals surface area contributed by atoms with Crippen molar-refractivity contribution in [1.29, 1.82) is 0 Å². The minimum absolute atomic E-state index is 0.0821. The van der Waals surface area contributed by atoms with Crippen LogP contribution in [0.15, 0.2) is 24.3 Å². The fraction of sp³-hybridized carbons (Fsp3) is 0.533. The zero-order valence-electron chi connectivity index (χ0n) is 11.3. The first-order valence-corrected chi connectivity index (χ1v) is 7.22. The summed E-state index contributed by atoms with van der Waals surface area (Å²) < 4.78 is 5.46.